The molecule has 0 radical (unpaired) electrons. The van der Waals surface area contributed by atoms with Crippen molar-refractivity contribution in [3.05, 3.63) is 15.9 Å². The normalized spacial score (nSPS) is 15.9. The van der Waals surface area contributed by atoms with Crippen LogP contribution in [0.1, 0.15) is 22.5 Å². The highest BCUT2D eigenvalue weighted by Gasteiger charge is 2.24. The first kappa shape index (κ1) is 6.09. The summed E-state index contributed by atoms with van der Waals surface area (Å²) in [6.45, 7) is 0. The number of hydrogen-bond acceptors (Lipinski definition) is 2. The van der Waals surface area contributed by atoms with Crippen LogP contribution in [0.25, 0.3) is 0 Å². The Balaban J connectivity index is 2.65. The van der Waals surface area contributed by atoms with E-state index in [0.29, 0.717) is 11.0 Å². The number of carbonyl (C=O) groups is 1. The smallest absolute Gasteiger partial charge is 0.167 e. The molecule has 0 amide bonds. The van der Waals surface area contributed by atoms with Crippen molar-refractivity contribution in [2.24, 2.45) is 0 Å². The van der Waals surface area contributed by atoms with Crippen LogP contribution in [0.3, 0.4) is 0 Å². The molecule has 10 heavy (non-hydrogen) atoms. The maximum atomic E-state index is 11.1. The van der Waals surface area contributed by atoms with Gasteiger partial charge in [0, 0.05) is 12.1 Å². The van der Waals surface area contributed by atoms with E-state index in [9.17, 15) is 4.79 Å². The molecule has 1 aliphatic rings. The molecule has 2 rings (SSSR count). The average molecular weight is 201 g/mol. The number of halogens is 1. The number of hydrogen-bond donors (Lipinski definition) is 1. The first-order valence-corrected chi connectivity index (χ1v) is 3.84. The molecule has 52 valence electrons. The summed E-state index contributed by atoms with van der Waals surface area (Å²) < 4.78 is 0.657. The van der Waals surface area contributed by atoms with Crippen molar-refractivity contribution in [1.82, 2.24) is 10.2 Å². The second kappa shape index (κ2) is 1.92. The van der Waals surface area contributed by atoms with Gasteiger partial charge in [-0.25, -0.2) is 0 Å². The average Bonchev–Trinajstić information content (AvgIpc) is 2.40. The topological polar surface area (TPSA) is 45.8 Å². The van der Waals surface area contributed by atoms with Crippen LogP contribution in [-0.2, 0) is 6.42 Å². The quantitative estimate of drug-likeness (QED) is 0.687. The zero-order valence-corrected chi connectivity index (χ0v) is 6.73. The lowest BCUT2D eigenvalue weighted by Crippen LogP contribution is -1.89. The predicted octanol–water partition coefficient (Wildman–Crippen LogP) is 1.30. The van der Waals surface area contributed by atoms with Crippen LogP contribution < -0.4 is 0 Å². The number of carbonyl (C=O) groups excluding carboxylic acids is 1. The molecular formula is C6H5BrN2O. The number of ketones is 1. The third-order valence-electron chi connectivity index (χ3n) is 1.68. The Morgan fingerprint density at radius 2 is 2.30 bits per heavy atom. The molecular weight excluding hydrogens is 196 g/mol. The summed E-state index contributed by atoms with van der Waals surface area (Å²) in [6.07, 6.45) is 1.44. The Morgan fingerprint density at radius 1 is 1.50 bits per heavy atom. The zero-order valence-electron chi connectivity index (χ0n) is 5.15. The maximum absolute atomic E-state index is 11.1. The number of Topliss-reactive ketones (excluding diaryl/α,β-unsaturated/α-hetero) is 1. The monoisotopic (exact) mass is 200 g/mol. The molecule has 0 aromatic carbocycles. The third kappa shape index (κ3) is 0.653. The Bertz CT molecular complexity index is 292. The van der Waals surface area contributed by atoms with E-state index in [2.05, 4.69) is 26.1 Å². The molecule has 3 nitrogen and oxygen atoms in total. The molecule has 0 spiro atoms. The molecule has 1 heterocycles. The minimum Gasteiger partial charge on any atom is -0.294 e. The van der Waals surface area contributed by atoms with Crippen LogP contribution in [-0.4, -0.2) is 16.0 Å². The molecule has 1 aromatic rings. The largest absolute Gasteiger partial charge is 0.294 e. The summed E-state index contributed by atoms with van der Waals surface area (Å²) in [5.41, 5.74) is 1.72. The van der Waals surface area contributed by atoms with Crippen LogP contribution in [0.15, 0.2) is 4.60 Å². The fourth-order valence-corrected chi connectivity index (χ4v) is 1.73. The van der Waals surface area contributed by atoms with Crippen LogP contribution in [0.4, 0.5) is 0 Å². The Hall–Kier alpha value is -0.640. The van der Waals surface area contributed by atoms with E-state index in [-0.39, 0.29) is 5.78 Å². The summed E-state index contributed by atoms with van der Waals surface area (Å²) in [5, 5.41) is 6.66. The molecule has 1 aromatic heterocycles. The van der Waals surface area contributed by atoms with Gasteiger partial charge in [0.1, 0.15) is 4.60 Å². The van der Waals surface area contributed by atoms with Gasteiger partial charge in [-0.2, -0.15) is 5.10 Å². The number of H-pyrrole nitrogens is 1. The van der Waals surface area contributed by atoms with E-state index in [4.69, 9.17) is 0 Å². The van der Waals surface area contributed by atoms with Gasteiger partial charge in [-0.15, -0.1) is 0 Å². The zero-order chi connectivity index (χ0) is 7.14. The number of fused-ring (bicyclic) bond motifs is 1. The van der Waals surface area contributed by atoms with Crippen LogP contribution in [0.2, 0.25) is 0 Å². The van der Waals surface area contributed by atoms with Crippen LogP contribution in [0.5, 0.6) is 0 Å². The van der Waals surface area contributed by atoms with Crippen molar-refractivity contribution in [1.29, 1.82) is 0 Å². The van der Waals surface area contributed by atoms with Gasteiger partial charge in [0.25, 0.3) is 0 Å². The number of aromatic amines is 1. The second-order valence-corrected chi connectivity index (χ2v) is 3.04. The van der Waals surface area contributed by atoms with Gasteiger partial charge in [-0.1, -0.05) is 0 Å². The fourth-order valence-electron chi connectivity index (χ4n) is 1.18. The highest BCUT2D eigenvalue weighted by atomic mass is 79.9. The molecule has 4 heteroatoms. The van der Waals surface area contributed by atoms with Gasteiger partial charge in [0.05, 0.1) is 5.56 Å². The molecule has 1 N–H and O–H groups in total. The van der Waals surface area contributed by atoms with E-state index in [1.807, 2.05) is 0 Å². The van der Waals surface area contributed by atoms with Crippen LogP contribution >= 0.6 is 15.9 Å². The molecule has 0 bridgehead atoms. The molecule has 0 atom stereocenters. The number of nitrogens with zero attached hydrogens (tertiary/aromatic N) is 1. The standard InChI is InChI=1S/C6H5BrN2O/c7-6-5-3(8-9-6)1-2-4(5)10/h1-2H2,(H,8,9). The summed E-state index contributed by atoms with van der Waals surface area (Å²) in [7, 11) is 0. The van der Waals surface area contributed by atoms with Crippen molar-refractivity contribution >= 4 is 21.7 Å². The Labute approximate surface area is 65.9 Å². The van der Waals surface area contributed by atoms with Gasteiger partial charge in [0.15, 0.2) is 5.78 Å². The van der Waals surface area contributed by atoms with Crippen molar-refractivity contribution in [3.8, 4) is 0 Å². The summed E-state index contributed by atoms with van der Waals surface area (Å²) in [4.78, 5) is 11.1. The van der Waals surface area contributed by atoms with Crippen molar-refractivity contribution in [2.45, 2.75) is 12.8 Å². The highest BCUT2D eigenvalue weighted by molar-refractivity contribution is 9.10. The van der Waals surface area contributed by atoms with Crippen molar-refractivity contribution in [3.63, 3.8) is 0 Å². The van der Waals surface area contributed by atoms with Gasteiger partial charge < -0.3 is 0 Å². The Morgan fingerprint density at radius 3 is 3.00 bits per heavy atom. The third-order valence-corrected chi connectivity index (χ3v) is 2.25. The van der Waals surface area contributed by atoms with Crippen molar-refractivity contribution < 1.29 is 4.79 Å². The van der Waals surface area contributed by atoms with Gasteiger partial charge in [-0.3, -0.25) is 9.89 Å². The van der Waals surface area contributed by atoms with E-state index < -0.39 is 0 Å². The lowest BCUT2D eigenvalue weighted by atomic mass is 10.3. The summed E-state index contributed by atoms with van der Waals surface area (Å²) in [6, 6.07) is 0. The predicted molar refractivity (Wildman–Crippen MR) is 38.9 cm³/mol. The number of rotatable bonds is 0. The van der Waals surface area contributed by atoms with Gasteiger partial charge in [-0.05, 0) is 22.4 Å². The van der Waals surface area contributed by atoms with E-state index in [1.165, 1.54) is 0 Å². The number of aromatic nitrogens is 2. The minimum atomic E-state index is 0.190. The van der Waals surface area contributed by atoms with E-state index in [1.54, 1.807) is 0 Å². The first-order valence-electron chi connectivity index (χ1n) is 3.05. The van der Waals surface area contributed by atoms with E-state index in [0.717, 1.165) is 17.7 Å². The van der Waals surface area contributed by atoms with Crippen molar-refractivity contribution in [2.75, 3.05) is 0 Å². The highest BCUT2D eigenvalue weighted by Crippen LogP contribution is 2.25. The van der Waals surface area contributed by atoms with E-state index >= 15 is 0 Å². The maximum Gasteiger partial charge on any atom is 0.167 e. The molecule has 0 saturated heterocycles. The second-order valence-electron chi connectivity index (χ2n) is 2.29. The van der Waals surface area contributed by atoms with Crippen LogP contribution in [0, 0.1) is 0 Å². The SMILES string of the molecule is O=C1CCc2[nH]nc(Br)c21. The minimum absolute atomic E-state index is 0.190. The Kier molecular flexibility index (Phi) is 1.17. The summed E-state index contributed by atoms with van der Waals surface area (Å²) >= 11 is 3.19. The number of aryl methyl sites for hydroxylation is 1. The van der Waals surface area contributed by atoms with Gasteiger partial charge >= 0.3 is 0 Å². The fraction of sp³-hybridized carbons (Fsp3) is 0.333. The molecule has 0 saturated carbocycles. The lowest BCUT2D eigenvalue weighted by molar-refractivity contribution is 0.0993. The molecule has 1 aliphatic carbocycles. The first-order chi connectivity index (χ1) is 4.79. The molecule has 0 aliphatic heterocycles. The lowest BCUT2D eigenvalue weighted by Gasteiger charge is -1.83. The van der Waals surface area contributed by atoms with Gasteiger partial charge in [0.2, 0.25) is 0 Å². The molecule has 0 unspecified atom stereocenters. The summed E-state index contributed by atoms with van der Waals surface area (Å²) in [5.74, 6) is 0.190. The number of nitrogens with one attached hydrogen (secondary N) is 1. The molecule has 0 fully saturated rings.